The molecule has 1 aromatic heterocycles. The van der Waals surface area contributed by atoms with Gasteiger partial charge in [0.15, 0.2) is 24.7 Å². The third-order valence-corrected chi connectivity index (χ3v) is 6.07. The highest BCUT2D eigenvalue weighted by Crippen LogP contribution is 2.37. The third kappa shape index (κ3) is 5.60. The number of nitrogens with one attached hydrogen (secondary N) is 1. The van der Waals surface area contributed by atoms with Gasteiger partial charge in [-0.15, -0.1) is 0 Å². The van der Waals surface area contributed by atoms with Gasteiger partial charge in [-0.25, -0.2) is 4.79 Å². The highest BCUT2D eigenvalue weighted by molar-refractivity contribution is 5.93. The molecule has 8 heteroatoms. The molecule has 3 rings (SSSR count). The van der Waals surface area contributed by atoms with Crippen LogP contribution in [0.2, 0.25) is 0 Å². The van der Waals surface area contributed by atoms with Crippen molar-refractivity contribution in [2.75, 3.05) is 25.6 Å². The van der Waals surface area contributed by atoms with Crippen LogP contribution in [0.4, 0.5) is 5.82 Å². The van der Waals surface area contributed by atoms with Crippen LogP contribution in [0, 0.1) is 25.2 Å². The number of nitrogens with zero attached hydrogens (tertiary/aromatic N) is 2. The maximum atomic E-state index is 12.6. The van der Waals surface area contributed by atoms with Crippen molar-refractivity contribution in [3.8, 4) is 17.6 Å². The number of rotatable bonds is 9. The first-order chi connectivity index (χ1) is 16.4. The molecular weight excluding hydrogens is 434 g/mol. The van der Waals surface area contributed by atoms with Crippen LogP contribution in [0.25, 0.3) is 6.08 Å². The number of amides is 1. The Morgan fingerprint density at radius 3 is 2.59 bits per heavy atom. The monoisotopic (exact) mass is 465 g/mol. The van der Waals surface area contributed by atoms with E-state index < -0.39 is 18.5 Å². The molecule has 1 heterocycles. The molecule has 1 N–H and O–H groups in total. The summed E-state index contributed by atoms with van der Waals surface area (Å²) < 4.78 is 18.0. The average Bonchev–Trinajstić information content (AvgIpc) is 3.43. The number of carbonyl (C=O) groups is 2. The van der Waals surface area contributed by atoms with Gasteiger partial charge in [0.25, 0.3) is 5.91 Å². The number of hydrogen-bond donors (Lipinski definition) is 1. The van der Waals surface area contributed by atoms with Crippen molar-refractivity contribution in [1.82, 2.24) is 4.57 Å². The first kappa shape index (κ1) is 24.9. The minimum atomic E-state index is -0.686. The summed E-state index contributed by atoms with van der Waals surface area (Å²) in [4.78, 5) is 24.7. The molecule has 0 aliphatic heterocycles. The van der Waals surface area contributed by atoms with Gasteiger partial charge in [0.05, 0.1) is 12.7 Å². The number of esters is 1. The molecule has 180 valence electrons. The second kappa shape index (κ2) is 11.4. The molecule has 0 bridgehead atoms. The summed E-state index contributed by atoms with van der Waals surface area (Å²) in [6.07, 6.45) is 8.09. The lowest BCUT2D eigenvalue weighted by Gasteiger charge is -2.19. The van der Waals surface area contributed by atoms with E-state index in [-0.39, 0.29) is 12.6 Å². The number of allylic oxidation sites excluding steroid dienone is 1. The van der Waals surface area contributed by atoms with Crippen molar-refractivity contribution in [3.05, 3.63) is 46.7 Å². The second-order valence-corrected chi connectivity index (χ2v) is 8.26. The molecule has 1 fully saturated rings. The van der Waals surface area contributed by atoms with Gasteiger partial charge < -0.3 is 24.1 Å². The summed E-state index contributed by atoms with van der Waals surface area (Å²) in [5.74, 6) is 0.177. The normalized spacial score (nSPS) is 13.6. The highest BCUT2D eigenvalue weighted by Gasteiger charge is 2.27. The zero-order valence-electron chi connectivity index (χ0n) is 20.1. The van der Waals surface area contributed by atoms with E-state index in [1.165, 1.54) is 7.11 Å². The smallest absolute Gasteiger partial charge is 0.344 e. The Bertz CT molecular complexity index is 1120. The van der Waals surface area contributed by atoms with Crippen molar-refractivity contribution in [2.24, 2.45) is 0 Å². The lowest BCUT2D eigenvalue weighted by molar-refractivity contribution is -0.149. The van der Waals surface area contributed by atoms with Crippen LogP contribution < -0.4 is 14.8 Å². The minimum Gasteiger partial charge on any atom is -0.493 e. The SMILES string of the molecule is C/C=C/c1ccc(OCC(=O)OCC(=O)Nc2c(C#N)c(C)c(C)n2C2CCCC2)c(OC)c1. The lowest BCUT2D eigenvalue weighted by atomic mass is 10.2. The van der Waals surface area contributed by atoms with Crippen molar-refractivity contribution in [2.45, 2.75) is 52.5 Å². The molecule has 0 spiro atoms. The standard InChI is InChI=1S/C26H31N3O5/c1-5-8-19-11-12-22(23(13-19)32-4)33-16-25(31)34-15-24(30)28-26-21(14-27)17(2)18(3)29(26)20-9-6-7-10-20/h5,8,11-13,20H,6-7,9-10,15-16H2,1-4H3,(H,28,30)/b8-5+. The maximum absolute atomic E-state index is 12.6. The fraction of sp³-hybridized carbons (Fsp3) is 0.423. The van der Waals surface area contributed by atoms with E-state index in [9.17, 15) is 14.9 Å². The number of ether oxygens (including phenoxy) is 3. The number of carbonyl (C=O) groups excluding carboxylic acids is 2. The molecule has 8 nitrogen and oxygen atoms in total. The van der Waals surface area contributed by atoms with Gasteiger partial charge in [-0.3, -0.25) is 4.79 Å². The van der Waals surface area contributed by atoms with E-state index >= 15 is 0 Å². The summed E-state index contributed by atoms with van der Waals surface area (Å²) in [7, 11) is 1.52. The highest BCUT2D eigenvalue weighted by atomic mass is 16.6. The van der Waals surface area contributed by atoms with Crippen LogP contribution in [-0.4, -0.2) is 36.8 Å². The number of aromatic nitrogens is 1. The van der Waals surface area contributed by atoms with Crippen LogP contribution in [0.1, 0.15) is 61.0 Å². The van der Waals surface area contributed by atoms with E-state index in [4.69, 9.17) is 14.2 Å². The van der Waals surface area contributed by atoms with E-state index in [0.29, 0.717) is 22.9 Å². The van der Waals surface area contributed by atoms with Gasteiger partial charge in [0, 0.05) is 11.7 Å². The van der Waals surface area contributed by atoms with Crippen LogP contribution in [0.3, 0.4) is 0 Å². The predicted octanol–water partition coefficient (Wildman–Crippen LogP) is 4.69. The Morgan fingerprint density at radius 2 is 1.94 bits per heavy atom. The number of hydrogen-bond acceptors (Lipinski definition) is 6. The zero-order chi connectivity index (χ0) is 24.7. The molecule has 1 aliphatic carbocycles. The summed E-state index contributed by atoms with van der Waals surface area (Å²) in [5, 5.41) is 12.4. The Balaban J connectivity index is 1.59. The summed E-state index contributed by atoms with van der Waals surface area (Å²) in [5.41, 5.74) is 3.21. The fourth-order valence-electron chi connectivity index (χ4n) is 4.30. The van der Waals surface area contributed by atoms with Crippen molar-refractivity contribution in [3.63, 3.8) is 0 Å². The molecule has 1 amide bonds. The second-order valence-electron chi connectivity index (χ2n) is 8.26. The average molecular weight is 466 g/mol. The van der Waals surface area contributed by atoms with E-state index in [2.05, 4.69) is 11.4 Å². The van der Waals surface area contributed by atoms with Crippen LogP contribution in [0.5, 0.6) is 11.5 Å². The molecule has 0 atom stereocenters. The largest absolute Gasteiger partial charge is 0.493 e. The van der Waals surface area contributed by atoms with Gasteiger partial charge in [-0.05, 0) is 56.9 Å². The van der Waals surface area contributed by atoms with E-state index in [1.54, 1.807) is 12.1 Å². The molecule has 0 radical (unpaired) electrons. The molecule has 34 heavy (non-hydrogen) atoms. The molecular formula is C26H31N3O5. The molecule has 0 saturated heterocycles. The molecule has 1 saturated carbocycles. The maximum Gasteiger partial charge on any atom is 0.344 e. The lowest BCUT2D eigenvalue weighted by Crippen LogP contribution is -2.25. The number of benzene rings is 1. The number of anilines is 1. The molecule has 1 aliphatic rings. The van der Waals surface area contributed by atoms with Gasteiger partial charge in [0.2, 0.25) is 0 Å². The van der Waals surface area contributed by atoms with E-state index in [1.807, 2.05) is 43.6 Å². The summed E-state index contributed by atoms with van der Waals surface area (Å²) >= 11 is 0. The van der Waals surface area contributed by atoms with Gasteiger partial charge >= 0.3 is 5.97 Å². The number of methoxy groups -OCH3 is 1. The quantitative estimate of drug-likeness (QED) is 0.539. The van der Waals surface area contributed by atoms with Crippen LogP contribution in [0.15, 0.2) is 24.3 Å². The van der Waals surface area contributed by atoms with Crippen LogP contribution >= 0.6 is 0 Å². The summed E-state index contributed by atoms with van der Waals surface area (Å²) in [6.45, 7) is 4.91. The Kier molecular flexibility index (Phi) is 8.36. The molecule has 0 unspecified atom stereocenters. The topological polar surface area (TPSA) is 103 Å². The fourth-order valence-corrected chi connectivity index (χ4v) is 4.30. The molecule has 2 aromatic rings. The Morgan fingerprint density at radius 1 is 1.21 bits per heavy atom. The van der Waals surface area contributed by atoms with Crippen molar-refractivity contribution < 1.29 is 23.8 Å². The predicted molar refractivity (Wildman–Crippen MR) is 129 cm³/mol. The summed E-state index contributed by atoms with van der Waals surface area (Å²) in [6, 6.07) is 7.80. The third-order valence-electron chi connectivity index (χ3n) is 6.07. The first-order valence-corrected chi connectivity index (χ1v) is 11.4. The van der Waals surface area contributed by atoms with E-state index in [0.717, 1.165) is 42.5 Å². The van der Waals surface area contributed by atoms with Crippen molar-refractivity contribution >= 4 is 23.8 Å². The van der Waals surface area contributed by atoms with Crippen molar-refractivity contribution in [1.29, 1.82) is 5.26 Å². The van der Waals surface area contributed by atoms with Gasteiger partial charge in [-0.2, -0.15) is 5.26 Å². The Hall–Kier alpha value is -3.73. The molecule has 1 aromatic carbocycles. The van der Waals surface area contributed by atoms with Gasteiger partial charge in [0.1, 0.15) is 11.9 Å². The van der Waals surface area contributed by atoms with Crippen LogP contribution in [-0.2, 0) is 14.3 Å². The Labute approximate surface area is 200 Å². The minimum absolute atomic E-state index is 0.251. The van der Waals surface area contributed by atoms with Gasteiger partial charge in [-0.1, -0.05) is 31.1 Å². The zero-order valence-corrected chi connectivity index (χ0v) is 20.1. The number of nitriles is 1. The first-order valence-electron chi connectivity index (χ1n) is 11.4.